The Balaban J connectivity index is 1.64. The molecule has 0 unspecified atom stereocenters. The van der Waals surface area contributed by atoms with E-state index in [9.17, 15) is 4.79 Å². The van der Waals surface area contributed by atoms with Gasteiger partial charge in [-0.1, -0.05) is 12.1 Å². The van der Waals surface area contributed by atoms with Crippen molar-refractivity contribution in [3.05, 3.63) is 72.3 Å². The van der Waals surface area contributed by atoms with Gasteiger partial charge in [-0.15, -0.1) is 0 Å². The van der Waals surface area contributed by atoms with Crippen LogP contribution in [0.25, 0.3) is 0 Å². The largest absolute Gasteiger partial charge is 0.489 e. The van der Waals surface area contributed by atoms with E-state index in [2.05, 4.69) is 15.4 Å². The number of carbonyl (C=O) groups excluding carboxylic acids is 1. The van der Waals surface area contributed by atoms with Crippen LogP contribution in [-0.4, -0.2) is 20.7 Å². The average molecular weight is 308 g/mol. The summed E-state index contributed by atoms with van der Waals surface area (Å²) in [5, 5.41) is 6.81. The minimum atomic E-state index is -0.206. The van der Waals surface area contributed by atoms with Gasteiger partial charge in [-0.3, -0.25) is 14.5 Å². The average Bonchev–Trinajstić information content (AvgIpc) is 3.01. The monoisotopic (exact) mass is 308 g/mol. The van der Waals surface area contributed by atoms with Gasteiger partial charge in [0.15, 0.2) is 0 Å². The molecule has 0 bridgehead atoms. The predicted molar refractivity (Wildman–Crippen MR) is 86.2 cm³/mol. The number of rotatable bonds is 5. The number of carbonyl (C=O) groups is 1. The van der Waals surface area contributed by atoms with Crippen molar-refractivity contribution in [2.75, 3.05) is 5.32 Å². The topological polar surface area (TPSA) is 69.0 Å². The molecule has 0 fully saturated rings. The molecule has 23 heavy (non-hydrogen) atoms. The number of ether oxygens (including phenoxy) is 1. The van der Waals surface area contributed by atoms with Crippen molar-refractivity contribution >= 4 is 11.6 Å². The van der Waals surface area contributed by atoms with Crippen LogP contribution >= 0.6 is 0 Å². The molecule has 3 aromatic rings. The van der Waals surface area contributed by atoms with Gasteiger partial charge in [0.05, 0.1) is 11.8 Å². The van der Waals surface area contributed by atoms with Crippen molar-refractivity contribution in [2.45, 2.75) is 6.61 Å². The summed E-state index contributed by atoms with van der Waals surface area (Å²) in [6.45, 7) is 0.424. The van der Waals surface area contributed by atoms with Crippen molar-refractivity contribution in [1.29, 1.82) is 0 Å². The highest BCUT2D eigenvalue weighted by Gasteiger charge is 2.08. The standard InChI is InChI=1S/C17H16N4O2/c1-21-11-14(10-19-21)17(22)20-15-5-2-6-16(8-15)23-12-13-4-3-7-18-9-13/h2-11H,12H2,1H3,(H,20,22). The zero-order valence-electron chi connectivity index (χ0n) is 12.6. The van der Waals surface area contributed by atoms with E-state index in [1.807, 2.05) is 30.3 Å². The summed E-state index contributed by atoms with van der Waals surface area (Å²) in [7, 11) is 1.77. The van der Waals surface area contributed by atoms with Gasteiger partial charge >= 0.3 is 0 Å². The molecule has 1 aromatic carbocycles. The number of pyridine rings is 1. The summed E-state index contributed by atoms with van der Waals surface area (Å²) >= 11 is 0. The Kier molecular flexibility index (Phi) is 4.33. The molecule has 0 aliphatic rings. The third-order valence-electron chi connectivity index (χ3n) is 3.19. The summed E-state index contributed by atoms with van der Waals surface area (Å²) in [4.78, 5) is 16.1. The first-order valence-corrected chi connectivity index (χ1v) is 7.12. The van der Waals surface area contributed by atoms with E-state index in [0.717, 1.165) is 5.56 Å². The lowest BCUT2D eigenvalue weighted by atomic mass is 10.2. The fourth-order valence-corrected chi connectivity index (χ4v) is 2.06. The lowest BCUT2D eigenvalue weighted by molar-refractivity contribution is 0.102. The molecule has 1 N–H and O–H groups in total. The number of nitrogens with one attached hydrogen (secondary N) is 1. The molecule has 0 saturated carbocycles. The molecular formula is C17H16N4O2. The van der Waals surface area contributed by atoms with Crippen LogP contribution in [-0.2, 0) is 13.7 Å². The van der Waals surface area contributed by atoms with Crippen molar-refractivity contribution in [2.24, 2.45) is 7.05 Å². The van der Waals surface area contributed by atoms with Gasteiger partial charge in [0.2, 0.25) is 0 Å². The quantitative estimate of drug-likeness (QED) is 0.786. The third-order valence-corrected chi connectivity index (χ3v) is 3.19. The summed E-state index contributed by atoms with van der Waals surface area (Å²) < 4.78 is 7.30. The van der Waals surface area contributed by atoms with Gasteiger partial charge in [0, 0.05) is 43.0 Å². The minimum Gasteiger partial charge on any atom is -0.489 e. The van der Waals surface area contributed by atoms with E-state index < -0.39 is 0 Å². The van der Waals surface area contributed by atoms with E-state index in [1.54, 1.807) is 36.4 Å². The number of anilines is 1. The Labute approximate surface area is 133 Å². The van der Waals surface area contributed by atoms with Gasteiger partial charge in [-0.25, -0.2) is 0 Å². The molecule has 6 heteroatoms. The van der Waals surface area contributed by atoms with Crippen molar-refractivity contribution < 1.29 is 9.53 Å². The van der Waals surface area contributed by atoms with E-state index in [4.69, 9.17) is 4.74 Å². The maximum absolute atomic E-state index is 12.1. The molecule has 1 amide bonds. The van der Waals surface area contributed by atoms with E-state index >= 15 is 0 Å². The summed E-state index contributed by atoms with van der Waals surface area (Å²) in [5.74, 6) is 0.473. The lowest BCUT2D eigenvalue weighted by Gasteiger charge is -2.08. The highest BCUT2D eigenvalue weighted by molar-refractivity contribution is 6.04. The van der Waals surface area contributed by atoms with Gasteiger partial charge < -0.3 is 10.1 Å². The normalized spacial score (nSPS) is 10.3. The number of benzene rings is 1. The molecule has 0 atom stereocenters. The highest BCUT2D eigenvalue weighted by Crippen LogP contribution is 2.19. The van der Waals surface area contributed by atoms with Gasteiger partial charge in [-0.2, -0.15) is 5.10 Å². The second kappa shape index (κ2) is 6.74. The number of hydrogen-bond acceptors (Lipinski definition) is 4. The molecule has 6 nitrogen and oxygen atoms in total. The highest BCUT2D eigenvalue weighted by atomic mass is 16.5. The van der Waals surface area contributed by atoms with Crippen molar-refractivity contribution in [3.8, 4) is 5.75 Å². The van der Waals surface area contributed by atoms with Gasteiger partial charge in [0.25, 0.3) is 5.91 Å². The molecule has 116 valence electrons. The second-order valence-electron chi connectivity index (χ2n) is 5.03. The maximum atomic E-state index is 12.1. The zero-order valence-corrected chi connectivity index (χ0v) is 12.6. The van der Waals surface area contributed by atoms with Crippen LogP contribution in [0.1, 0.15) is 15.9 Å². The smallest absolute Gasteiger partial charge is 0.258 e. The molecule has 0 aliphatic carbocycles. The second-order valence-corrected chi connectivity index (χ2v) is 5.03. The van der Waals surface area contributed by atoms with Crippen LogP contribution in [0.5, 0.6) is 5.75 Å². The summed E-state index contributed by atoms with van der Waals surface area (Å²) in [6, 6.07) is 11.1. The van der Waals surface area contributed by atoms with E-state index in [-0.39, 0.29) is 5.91 Å². The molecule has 0 saturated heterocycles. The summed E-state index contributed by atoms with van der Waals surface area (Å²) in [5.41, 5.74) is 2.16. The first-order chi connectivity index (χ1) is 11.2. The van der Waals surface area contributed by atoms with Gasteiger partial charge in [0.1, 0.15) is 12.4 Å². The Bertz CT molecular complexity index is 799. The Morgan fingerprint density at radius 2 is 2.17 bits per heavy atom. The Hall–Kier alpha value is -3.15. The lowest BCUT2D eigenvalue weighted by Crippen LogP contribution is -2.11. The van der Waals surface area contributed by atoms with Crippen LogP contribution < -0.4 is 10.1 Å². The number of hydrogen-bond donors (Lipinski definition) is 1. The molecule has 0 radical (unpaired) electrons. The van der Waals surface area contributed by atoms with Crippen molar-refractivity contribution in [3.63, 3.8) is 0 Å². The third kappa shape index (κ3) is 3.94. The SMILES string of the molecule is Cn1cc(C(=O)Nc2cccc(OCc3cccnc3)c2)cn1. The van der Waals surface area contributed by atoms with Gasteiger partial charge in [-0.05, 0) is 18.2 Å². The number of aromatic nitrogens is 3. The van der Waals surface area contributed by atoms with E-state index in [0.29, 0.717) is 23.6 Å². The first-order valence-electron chi connectivity index (χ1n) is 7.12. The Morgan fingerprint density at radius 1 is 1.26 bits per heavy atom. The Morgan fingerprint density at radius 3 is 2.91 bits per heavy atom. The van der Waals surface area contributed by atoms with Crippen LogP contribution in [0.15, 0.2) is 61.2 Å². The molecule has 3 rings (SSSR count). The van der Waals surface area contributed by atoms with Crippen LogP contribution in [0, 0.1) is 0 Å². The fourth-order valence-electron chi connectivity index (χ4n) is 2.06. The molecule has 0 spiro atoms. The van der Waals surface area contributed by atoms with Crippen molar-refractivity contribution in [1.82, 2.24) is 14.8 Å². The molecule has 0 aliphatic heterocycles. The molecular weight excluding hydrogens is 292 g/mol. The number of aryl methyl sites for hydroxylation is 1. The zero-order chi connectivity index (χ0) is 16.1. The maximum Gasteiger partial charge on any atom is 0.258 e. The first kappa shape index (κ1) is 14.8. The fraction of sp³-hybridized carbons (Fsp3) is 0.118. The molecule has 2 heterocycles. The summed E-state index contributed by atoms with van der Waals surface area (Å²) in [6.07, 6.45) is 6.67. The van der Waals surface area contributed by atoms with Crippen LogP contribution in [0.2, 0.25) is 0 Å². The van der Waals surface area contributed by atoms with Crippen LogP contribution in [0.3, 0.4) is 0 Å². The molecule has 2 aromatic heterocycles. The number of amides is 1. The van der Waals surface area contributed by atoms with Crippen LogP contribution in [0.4, 0.5) is 5.69 Å². The predicted octanol–water partition coefficient (Wildman–Crippen LogP) is 2.65. The minimum absolute atomic E-state index is 0.206. The van der Waals surface area contributed by atoms with E-state index in [1.165, 1.54) is 6.20 Å². The number of nitrogens with zero attached hydrogens (tertiary/aromatic N) is 3.